The Balaban J connectivity index is 1.63. The number of carbonyl (C=O) groups excluding carboxylic acids is 1. The summed E-state index contributed by atoms with van der Waals surface area (Å²) in [5.74, 6) is 0.590. The van der Waals surface area contributed by atoms with Crippen molar-refractivity contribution in [3.05, 3.63) is 34.3 Å². The first-order chi connectivity index (χ1) is 11.6. The number of amides is 1. The first-order valence-electron chi connectivity index (χ1n) is 9.05. The molecule has 3 rings (SSSR count). The summed E-state index contributed by atoms with van der Waals surface area (Å²) in [4.78, 5) is 17.5. The lowest BCUT2D eigenvalue weighted by Crippen LogP contribution is -2.59. The predicted molar refractivity (Wildman–Crippen MR) is 101 cm³/mol. The second kappa shape index (κ2) is 7.98. The number of nitrogens with zero attached hydrogens (tertiary/aromatic N) is 2. The lowest BCUT2D eigenvalue weighted by Gasteiger charge is -2.45. The first-order valence-corrected chi connectivity index (χ1v) is 9.84. The zero-order chi connectivity index (χ0) is 17.1. The molecule has 24 heavy (non-hydrogen) atoms. The quantitative estimate of drug-likeness (QED) is 0.857. The maximum absolute atomic E-state index is 12.9. The molecule has 2 aliphatic heterocycles. The van der Waals surface area contributed by atoms with Gasteiger partial charge in [-0.3, -0.25) is 9.69 Å². The fraction of sp³-hybridized carbons (Fsp3) is 0.632. The summed E-state index contributed by atoms with van der Waals surface area (Å²) in [6.07, 6.45) is 1.97. The van der Waals surface area contributed by atoms with Crippen LogP contribution in [0.25, 0.3) is 0 Å². The number of piperazine rings is 1. The third-order valence-corrected chi connectivity index (χ3v) is 6.19. The molecule has 1 N–H and O–H groups in total. The molecule has 2 saturated heterocycles. The summed E-state index contributed by atoms with van der Waals surface area (Å²) < 4.78 is 1.16. The summed E-state index contributed by atoms with van der Waals surface area (Å²) in [6.45, 7) is 9.10. The van der Waals surface area contributed by atoms with E-state index in [0.717, 1.165) is 50.0 Å². The standard InChI is InChI=1S/C19H28BrN3O/c1-14-12-23(19(24)16-7-9-21-10-8-16)15(2)11-22(14)13-17-5-3-4-6-18(17)20/h3-6,14-16,21H,7-13H2,1-2H3. The number of benzene rings is 1. The highest BCUT2D eigenvalue weighted by Crippen LogP contribution is 2.25. The third-order valence-electron chi connectivity index (χ3n) is 5.42. The molecule has 4 nitrogen and oxygen atoms in total. The van der Waals surface area contributed by atoms with Crippen molar-refractivity contribution in [3.63, 3.8) is 0 Å². The van der Waals surface area contributed by atoms with Gasteiger partial charge in [0.05, 0.1) is 0 Å². The molecule has 1 aromatic rings. The summed E-state index contributed by atoms with van der Waals surface area (Å²) in [5.41, 5.74) is 1.31. The van der Waals surface area contributed by atoms with Crippen molar-refractivity contribution in [2.24, 2.45) is 5.92 Å². The van der Waals surface area contributed by atoms with Crippen LogP contribution in [0.2, 0.25) is 0 Å². The fourth-order valence-corrected chi connectivity index (χ4v) is 4.28. The number of hydrogen-bond acceptors (Lipinski definition) is 3. The molecular formula is C19H28BrN3O. The Labute approximate surface area is 153 Å². The van der Waals surface area contributed by atoms with Gasteiger partial charge in [0.2, 0.25) is 5.91 Å². The molecule has 1 aromatic carbocycles. The van der Waals surface area contributed by atoms with E-state index in [1.807, 2.05) is 0 Å². The normalized spacial score (nSPS) is 26.5. The fourth-order valence-electron chi connectivity index (χ4n) is 3.87. The van der Waals surface area contributed by atoms with E-state index in [4.69, 9.17) is 0 Å². The molecule has 0 aliphatic carbocycles. The lowest BCUT2D eigenvalue weighted by molar-refractivity contribution is -0.142. The highest BCUT2D eigenvalue weighted by Gasteiger charge is 2.35. The maximum atomic E-state index is 12.9. The average Bonchev–Trinajstić information content (AvgIpc) is 2.60. The van der Waals surface area contributed by atoms with Crippen molar-refractivity contribution in [3.8, 4) is 0 Å². The van der Waals surface area contributed by atoms with Crippen LogP contribution < -0.4 is 5.32 Å². The van der Waals surface area contributed by atoms with Gasteiger partial charge in [0.15, 0.2) is 0 Å². The first kappa shape index (κ1) is 17.9. The van der Waals surface area contributed by atoms with Crippen molar-refractivity contribution >= 4 is 21.8 Å². The van der Waals surface area contributed by atoms with Crippen LogP contribution in [0.4, 0.5) is 0 Å². The van der Waals surface area contributed by atoms with E-state index in [9.17, 15) is 4.79 Å². The number of nitrogens with one attached hydrogen (secondary N) is 1. The molecule has 2 fully saturated rings. The Bertz CT molecular complexity index is 573. The van der Waals surface area contributed by atoms with Gasteiger partial charge in [-0.2, -0.15) is 0 Å². The molecule has 0 spiro atoms. The monoisotopic (exact) mass is 393 g/mol. The van der Waals surface area contributed by atoms with Crippen molar-refractivity contribution in [2.75, 3.05) is 26.2 Å². The molecule has 2 heterocycles. The Morgan fingerprint density at radius 3 is 2.58 bits per heavy atom. The van der Waals surface area contributed by atoms with Gasteiger partial charge in [0.1, 0.15) is 0 Å². The average molecular weight is 394 g/mol. The lowest BCUT2D eigenvalue weighted by atomic mass is 9.94. The summed E-state index contributed by atoms with van der Waals surface area (Å²) in [6, 6.07) is 9.08. The molecule has 2 aliphatic rings. The smallest absolute Gasteiger partial charge is 0.226 e. The molecule has 132 valence electrons. The number of piperidine rings is 1. The van der Waals surface area contributed by atoms with Crippen LogP contribution in [-0.2, 0) is 11.3 Å². The minimum Gasteiger partial charge on any atom is -0.337 e. The summed E-state index contributed by atoms with van der Waals surface area (Å²) >= 11 is 3.65. The van der Waals surface area contributed by atoms with E-state index >= 15 is 0 Å². The van der Waals surface area contributed by atoms with Crippen molar-refractivity contribution in [1.82, 2.24) is 15.1 Å². The minimum atomic E-state index is 0.218. The van der Waals surface area contributed by atoms with Gasteiger partial charge in [0.25, 0.3) is 0 Å². The van der Waals surface area contributed by atoms with Crippen LogP contribution in [0.1, 0.15) is 32.3 Å². The van der Waals surface area contributed by atoms with Gasteiger partial charge in [-0.05, 0) is 51.4 Å². The minimum absolute atomic E-state index is 0.218. The molecule has 2 atom stereocenters. The molecule has 0 saturated carbocycles. The zero-order valence-electron chi connectivity index (χ0n) is 14.7. The van der Waals surface area contributed by atoms with Crippen LogP contribution >= 0.6 is 15.9 Å². The van der Waals surface area contributed by atoms with E-state index in [1.165, 1.54) is 5.56 Å². The second-order valence-corrected chi connectivity index (χ2v) is 8.09. The SMILES string of the molecule is CC1CN(C(=O)C2CCNCC2)C(C)CN1Cc1ccccc1Br. The Hall–Kier alpha value is -0.910. The van der Waals surface area contributed by atoms with Crippen LogP contribution in [-0.4, -0.2) is 54.0 Å². The molecule has 5 heteroatoms. The van der Waals surface area contributed by atoms with E-state index in [2.05, 4.69) is 69.2 Å². The molecule has 0 bridgehead atoms. The Kier molecular flexibility index (Phi) is 5.95. The number of rotatable bonds is 3. The zero-order valence-corrected chi connectivity index (χ0v) is 16.3. The van der Waals surface area contributed by atoms with Crippen LogP contribution in [0, 0.1) is 5.92 Å². The topological polar surface area (TPSA) is 35.6 Å². The van der Waals surface area contributed by atoms with Gasteiger partial charge in [-0.25, -0.2) is 0 Å². The Morgan fingerprint density at radius 1 is 1.17 bits per heavy atom. The maximum Gasteiger partial charge on any atom is 0.226 e. The number of halogens is 1. The molecule has 2 unspecified atom stereocenters. The van der Waals surface area contributed by atoms with E-state index in [1.54, 1.807) is 0 Å². The van der Waals surface area contributed by atoms with Crippen LogP contribution in [0.5, 0.6) is 0 Å². The number of carbonyl (C=O) groups is 1. The predicted octanol–water partition coefficient (Wildman–Crippen LogP) is 2.87. The van der Waals surface area contributed by atoms with Crippen molar-refractivity contribution in [2.45, 2.75) is 45.3 Å². The largest absolute Gasteiger partial charge is 0.337 e. The highest BCUT2D eigenvalue weighted by atomic mass is 79.9. The van der Waals surface area contributed by atoms with Gasteiger partial charge in [-0.1, -0.05) is 34.1 Å². The molecule has 0 aromatic heterocycles. The second-order valence-electron chi connectivity index (χ2n) is 7.23. The van der Waals surface area contributed by atoms with Crippen LogP contribution in [0.15, 0.2) is 28.7 Å². The highest BCUT2D eigenvalue weighted by molar-refractivity contribution is 9.10. The summed E-state index contributed by atoms with van der Waals surface area (Å²) in [7, 11) is 0. The molecular weight excluding hydrogens is 366 g/mol. The van der Waals surface area contributed by atoms with E-state index in [0.29, 0.717) is 11.9 Å². The third kappa shape index (κ3) is 4.01. The van der Waals surface area contributed by atoms with Crippen molar-refractivity contribution < 1.29 is 4.79 Å². The van der Waals surface area contributed by atoms with Gasteiger partial charge in [-0.15, -0.1) is 0 Å². The van der Waals surface area contributed by atoms with Crippen molar-refractivity contribution in [1.29, 1.82) is 0 Å². The summed E-state index contributed by atoms with van der Waals surface area (Å²) in [5, 5.41) is 3.35. The van der Waals surface area contributed by atoms with E-state index in [-0.39, 0.29) is 12.0 Å². The van der Waals surface area contributed by atoms with Gasteiger partial charge < -0.3 is 10.2 Å². The Morgan fingerprint density at radius 2 is 1.88 bits per heavy atom. The van der Waals surface area contributed by atoms with Crippen LogP contribution in [0.3, 0.4) is 0 Å². The molecule has 0 radical (unpaired) electrons. The van der Waals surface area contributed by atoms with Gasteiger partial charge >= 0.3 is 0 Å². The number of hydrogen-bond donors (Lipinski definition) is 1. The van der Waals surface area contributed by atoms with Gasteiger partial charge in [0, 0.05) is 42.1 Å². The van der Waals surface area contributed by atoms with E-state index < -0.39 is 0 Å². The molecule has 1 amide bonds.